The van der Waals surface area contributed by atoms with Crippen molar-refractivity contribution in [3.8, 4) is 11.3 Å². The number of fused-ring (bicyclic) bond motifs is 2. The van der Waals surface area contributed by atoms with E-state index in [1.807, 2.05) is 0 Å². The van der Waals surface area contributed by atoms with Gasteiger partial charge < -0.3 is 20.1 Å². The molecule has 0 radical (unpaired) electrons. The van der Waals surface area contributed by atoms with Gasteiger partial charge in [-0.2, -0.15) is 5.10 Å². The quantitative estimate of drug-likeness (QED) is 0.314. The maximum Gasteiger partial charge on any atom is 0.231 e. The van der Waals surface area contributed by atoms with Crippen LogP contribution in [0, 0.1) is 11.7 Å². The molecular weight excluding hydrogens is 444 g/mol. The van der Waals surface area contributed by atoms with Crippen LogP contribution < -0.4 is 10.6 Å². The van der Waals surface area contributed by atoms with Gasteiger partial charge in [-0.05, 0) is 12.8 Å². The maximum atomic E-state index is 15.1. The summed E-state index contributed by atoms with van der Waals surface area (Å²) in [5.74, 6) is -1.44. The van der Waals surface area contributed by atoms with Crippen molar-refractivity contribution in [3.63, 3.8) is 0 Å². The molecule has 1 amide bonds. The van der Waals surface area contributed by atoms with E-state index in [-0.39, 0.29) is 29.6 Å². The second kappa shape index (κ2) is 7.99. The topological polar surface area (TPSA) is 120 Å². The van der Waals surface area contributed by atoms with Gasteiger partial charge in [-0.1, -0.05) is 11.6 Å². The summed E-state index contributed by atoms with van der Waals surface area (Å²) in [6.07, 6.45) is 5.74. The van der Waals surface area contributed by atoms with E-state index in [4.69, 9.17) is 16.7 Å². The first-order valence-electron chi connectivity index (χ1n) is 9.96. The number of anilines is 2. The third-order valence-electron chi connectivity index (χ3n) is 5.33. The molecule has 12 heteroatoms. The molecule has 0 spiro atoms. The Balaban J connectivity index is 1.52. The van der Waals surface area contributed by atoms with Crippen LogP contribution in [0.2, 0.25) is 5.02 Å². The SMILES string of the molecule is O=C(Nc1cn2cc(-c3c(Cl)c(F)c(NCCCO)c4[nH]ncc34)ncc2n1)C1CC1F. The molecule has 1 saturated carbocycles. The molecule has 5 rings (SSSR count). The summed E-state index contributed by atoms with van der Waals surface area (Å²) in [6.45, 7) is 0.327. The fourth-order valence-electron chi connectivity index (χ4n) is 3.57. The van der Waals surface area contributed by atoms with Gasteiger partial charge in [-0.3, -0.25) is 14.9 Å². The number of aliphatic hydroxyl groups excluding tert-OH is 1. The fraction of sp³-hybridized carbons (Fsp3) is 0.300. The van der Waals surface area contributed by atoms with Crippen LogP contribution in [0.1, 0.15) is 12.8 Å². The number of benzene rings is 1. The van der Waals surface area contributed by atoms with Crippen LogP contribution in [0.15, 0.2) is 24.8 Å². The number of rotatable bonds is 7. The highest BCUT2D eigenvalue weighted by atomic mass is 35.5. The van der Waals surface area contributed by atoms with Gasteiger partial charge in [-0.25, -0.2) is 13.8 Å². The summed E-state index contributed by atoms with van der Waals surface area (Å²) >= 11 is 6.40. The number of nitrogens with zero attached hydrogens (tertiary/aromatic N) is 4. The largest absolute Gasteiger partial charge is 0.396 e. The van der Waals surface area contributed by atoms with E-state index >= 15 is 4.39 Å². The van der Waals surface area contributed by atoms with E-state index in [2.05, 4.69) is 30.8 Å². The number of nitrogens with one attached hydrogen (secondary N) is 3. The number of carbonyl (C=O) groups excluding carboxylic acids is 1. The summed E-state index contributed by atoms with van der Waals surface area (Å²) in [5.41, 5.74) is 1.75. The first-order valence-corrected chi connectivity index (χ1v) is 10.3. The van der Waals surface area contributed by atoms with Crippen molar-refractivity contribution in [2.45, 2.75) is 19.0 Å². The molecule has 0 aliphatic heterocycles. The number of aromatic nitrogens is 5. The molecule has 4 N–H and O–H groups in total. The van der Waals surface area contributed by atoms with E-state index in [0.717, 1.165) is 0 Å². The molecule has 1 aromatic carbocycles. The zero-order valence-corrected chi connectivity index (χ0v) is 17.3. The second-order valence-electron chi connectivity index (χ2n) is 7.55. The van der Waals surface area contributed by atoms with Crippen LogP contribution in [0.5, 0.6) is 0 Å². The minimum Gasteiger partial charge on any atom is -0.396 e. The summed E-state index contributed by atoms with van der Waals surface area (Å²) < 4.78 is 29.8. The zero-order chi connectivity index (χ0) is 22.4. The van der Waals surface area contributed by atoms with Crippen LogP contribution in [0.25, 0.3) is 27.8 Å². The van der Waals surface area contributed by atoms with Gasteiger partial charge in [0.15, 0.2) is 17.3 Å². The van der Waals surface area contributed by atoms with Crippen LogP contribution in [0.3, 0.4) is 0 Å². The minimum absolute atomic E-state index is 0.0289. The molecule has 2 unspecified atom stereocenters. The van der Waals surface area contributed by atoms with Crippen LogP contribution in [0.4, 0.5) is 20.3 Å². The Hall–Kier alpha value is -3.31. The van der Waals surface area contributed by atoms with Crippen molar-refractivity contribution in [3.05, 3.63) is 35.6 Å². The van der Waals surface area contributed by atoms with Crippen molar-refractivity contribution < 1.29 is 18.7 Å². The normalized spacial score (nSPS) is 17.8. The van der Waals surface area contributed by atoms with Gasteiger partial charge in [0, 0.05) is 30.3 Å². The van der Waals surface area contributed by atoms with Gasteiger partial charge >= 0.3 is 0 Å². The highest BCUT2D eigenvalue weighted by Gasteiger charge is 2.43. The van der Waals surface area contributed by atoms with Crippen LogP contribution in [-0.4, -0.2) is 54.9 Å². The third-order valence-corrected chi connectivity index (χ3v) is 5.68. The number of amides is 1. The number of H-pyrrole nitrogens is 1. The van der Waals surface area contributed by atoms with Crippen molar-refractivity contribution in [2.75, 3.05) is 23.8 Å². The van der Waals surface area contributed by atoms with Gasteiger partial charge in [0.25, 0.3) is 0 Å². The summed E-state index contributed by atoms with van der Waals surface area (Å²) in [5, 5.41) is 21.7. The number of alkyl halides is 1. The Kier molecular flexibility index (Phi) is 5.14. The van der Waals surface area contributed by atoms with Gasteiger partial charge in [0.1, 0.15) is 6.17 Å². The number of imidazole rings is 1. The summed E-state index contributed by atoms with van der Waals surface area (Å²) in [7, 11) is 0. The molecule has 4 aromatic rings. The maximum absolute atomic E-state index is 15.1. The average molecular weight is 462 g/mol. The van der Waals surface area contributed by atoms with E-state index in [0.29, 0.717) is 40.8 Å². The van der Waals surface area contributed by atoms with Crippen LogP contribution >= 0.6 is 11.6 Å². The van der Waals surface area contributed by atoms with Gasteiger partial charge in [0.2, 0.25) is 5.91 Å². The summed E-state index contributed by atoms with van der Waals surface area (Å²) in [6, 6.07) is 0. The number of hydrogen-bond donors (Lipinski definition) is 4. The smallest absolute Gasteiger partial charge is 0.231 e. The monoisotopic (exact) mass is 461 g/mol. The standard InChI is InChI=1S/C20H18ClF2N7O2/c21-16-15(10-5-26-29-18(10)19(17(16)23)24-2-1-3-31)12-7-30-8-13(27-14(30)6-25-12)28-20(32)9-4-11(9)22/h5-9,11,24,31H,1-4H2,(H,26,29)(H,28,32). The lowest BCUT2D eigenvalue weighted by molar-refractivity contribution is -0.117. The summed E-state index contributed by atoms with van der Waals surface area (Å²) in [4.78, 5) is 20.6. The molecule has 0 bridgehead atoms. The lowest BCUT2D eigenvalue weighted by Crippen LogP contribution is -2.15. The molecule has 0 saturated heterocycles. The predicted molar refractivity (Wildman–Crippen MR) is 115 cm³/mol. The number of aliphatic hydroxyl groups is 1. The van der Waals surface area contributed by atoms with E-state index < -0.39 is 23.8 Å². The molecule has 1 aliphatic rings. The molecule has 3 heterocycles. The molecule has 1 aliphatic carbocycles. The van der Waals surface area contributed by atoms with Crippen LogP contribution in [-0.2, 0) is 4.79 Å². The van der Waals surface area contributed by atoms with Gasteiger partial charge in [-0.15, -0.1) is 0 Å². The van der Waals surface area contributed by atoms with E-state index in [1.165, 1.54) is 12.4 Å². The Bertz CT molecular complexity index is 1340. The first-order chi connectivity index (χ1) is 15.5. The van der Waals surface area contributed by atoms with Crippen molar-refractivity contribution in [2.24, 2.45) is 5.92 Å². The molecule has 9 nitrogen and oxygen atoms in total. The number of aromatic amines is 1. The highest BCUT2D eigenvalue weighted by Crippen LogP contribution is 2.40. The molecule has 3 aromatic heterocycles. The molecule has 2 atom stereocenters. The molecular formula is C20H18ClF2N7O2. The Morgan fingerprint density at radius 3 is 2.94 bits per heavy atom. The Morgan fingerprint density at radius 2 is 2.19 bits per heavy atom. The van der Waals surface area contributed by atoms with Gasteiger partial charge in [0.05, 0.1) is 46.4 Å². The Labute approximate surface area is 184 Å². The van der Waals surface area contributed by atoms with E-state index in [9.17, 15) is 9.18 Å². The zero-order valence-electron chi connectivity index (χ0n) is 16.6. The average Bonchev–Trinajstić information content (AvgIpc) is 3.14. The lowest BCUT2D eigenvalue weighted by atomic mass is 10.1. The Morgan fingerprint density at radius 1 is 1.38 bits per heavy atom. The molecule has 166 valence electrons. The van der Waals surface area contributed by atoms with E-state index in [1.54, 1.807) is 16.8 Å². The number of hydrogen-bond acceptors (Lipinski definition) is 6. The fourth-order valence-corrected chi connectivity index (χ4v) is 3.86. The minimum atomic E-state index is -1.10. The van der Waals surface area contributed by atoms with Crippen molar-refractivity contribution >= 4 is 45.6 Å². The third kappa shape index (κ3) is 3.53. The molecule has 32 heavy (non-hydrogen) atoms. The second-order valence-corrected chi connectivity index (χ2v) is 7.93. The highest BCUT2D eigenvalue weighted by molar-refractivity contribution is 6.35. The van der Waals surface area contributed by atoms with Crippen molar-refractivity contribution in [1.82, 2.24) is 24.6 Å². The number of halogens is 3. The first kappa shape index (κ1) is 20.6. The van der Waals surface area contributed by atoms with Crippen molar-refractivity contribution in [1.29, 1.82) is 0 Å². The molecule has 1 fully saturated rings. The number of carbonyl (C=O) groups is 1. The lowest BCUT2D eigenvalue weighted by Gasteiger charge is -2.13. The predicted octanol–water partition coefficient (Wildman–Crippen LogP) is 3.16.